The predicted octanol–water partition coefficient (Wildman–Crippen LogP) is 3.51. The molecule has 1 saturated heterocycles. The second-order valence-electron chi connectivity index (χ2n) is 7.45. The maximum absolute atomic E-state index is 13.0. The second-order valence-corrected chi connectivity index (χ2v) is 12.0. The predicted molar refractivity (Wildman–Crippen MR) is 128 cm³/mol. The highest BCUT2D eigenvalue weighted by Crippen LogP contribution is 2.27. The molecule has 0 unspecified atom stereocenters. The molecule has 4 rings (SSSR count). The minimum Gasteiger partial charge on any atom is -0.465 e. The van der Waals surface area contributed by atoms with Crippen LogP contribution in [0.1, 0.15) is 19.8 Å². The molecule has 8 nitrogen and oxygen atoms in total. The molecule has 1 aliphatic rings. The first kappa shape index (κ1) is 24.1. The number of carbonyl (C=O) groups excluding carboxylic acids is 2. The fourth-order valence-corrected chi connectivity index (χ4v) is 7.61. The lowest BCUT2D eigenvalue weighted by Gasteiger charge is -2.29. The summed E-state index contributed by atoms with van der Waals surface area (Å²) < 4.78 is 34.7. The van der Waals surface area contributed by atoms with E-state index in [4.69, 9.17) is 16.3 Å². The fourth-order valence-electron chi connectivity index (χ4n) is 3.69. The number of halogens is 1. The van der Waals surface area contributed by atoms with Crippen molar-refractivity contribution in [2.24, 2.45) is 10.9 Å². The van der Waals surface area contributed by atoms with Gasteiger partial charge in [-0.2, -0.15) is 9.30 Å². The molecule has 1 aromatic carbocycles. The van der Waals surface area contributed by atoms with Gasteiger partial charge in [0.1, 0.15) is 10.8 Å². The van der Waals surface area contributed by atoms with E-state index in [-0.39, 0.29) is 38.1 Å². The molecule has 3 heterocycles. The number of hydrogen-bond acceptors (Lipinski definition) is 7. The van der Waals surface area contributed by atoms with Crippen molar-refractivity contribution < 1.29 is 22.7 Å². The molecule has 1 amide bonds. The van der Waals surface area contributed by atoms with Crippen molar-refractivity contribution in [3.8, 4) is 0 Å². The van der Waals surface area contributed by atoms with E-state index in [1.807, 2.05) is 0 Å². The van der Waals surface area contributed by atoms with E-state index in [0.29, 0.717) is 26.9 Å². The van der Waals surface area contributed by atoms with E-state index in [1.165, 1.54) is 27.0 Å². The zero-order valence-corrected chi connectivity index (χ0v) is 21.0. The van der Waals surface area contributed by atoms with Crippen LogP contribution in [-0.2, 0) is 30.9 Å². The molecule has 0 N–H and O–H groups in total. The van der Waals surface area contributed by atoms with Crippen LogP contribution in [0.25, 0.3) is 10.2 Å². The molecule has 1 aliphatic heterocycles. The molecular weight excluding hydrogens is 506 g/mol. The van der Waals surface area contributed by atoms with Crippen molar-refractivity contribution in [2.45, 2.75) is 30.5 Å². The van der Waals surface area contributed by atoms with Gasteiger partial charge in [0.25, 0.3) is 15.9 Å². The van der Waals surface area contributed by atoms with Gasteiger partial charge in [0, 0.05) is 24.0 Å². The molecule has 176 valence electrons. The molecule has 2 aromatic heterocycles. The summed E-state index contributed by atoms with van der Waals surface area (Å²) in [4.78, 5) is 29.8. The molecule has 0 spiro atoms. The molecule has 0 atom stereocenters. The number of thiazole rings is 1. The average Bonchev–Trinajstić information content (AvgIpc) is 3.43. The Bertz CT molecular complexity index is 1340. The van der Waals surface area contributed by atoms with Crippen LogP contribution in [0.5, 0.6) is 0 Å². The number of hydrogen-bond donors (Lipinski definition) is 0. The van der Waals surface area contributed by atoms with Gasteiger partial charge in [-0.25, -0.2) is 8.42 Å². The quantitative estimate of drug-likeness (QED) is 0.457. The fraction of sp³-hybridized carbons (Fsp3) is 0.381. The summed E-state index contributed by atoms with van der Waals surface area (Å²) in [6.07, 6.45) is 0.781. The van der Waals surface area contributed by atoms with Crippen molar-refractivity contribution in [1.29, 1.82) is 0 Å². The number of rotatable bonds is 6. The number of piperidine rings is 1. The van der Waals surface area contributed by atoms with Crippen LogP contribution < -0.4 is 4.80 Å². The zero-order chi connectivity index (χ0) is 23.6. The molecule has 3 aromatic rings. The van der Waals surface area contributed by atoms with Gasteiger partial charge in [0.2, 0.25) is 0 Å². The molecule has 0 bridgehead atoms. The van der Waals surface area contributed by atoms with E-state index in [9.17, 15) is 18.0 Å². The summed E-state index contributed by atoms with van der Waals surface area (Å²) in [6, 6.07) is 8.55. The maximum atomic E-state index is 13.0. The summed E-state index contributed by atoms with van der Waals surface area (Å²) >= 11 is 8.56. The Kier molecular flexibility index (Phi) is 7.34. The highest BCUT2D eigenvalue weighted by molar-refractivity contribution is 7.91. The largest absolute Gasteiger partial charge is 0.465 e. The standard InChI is InChI=1S/C21H22ClN3O5S3/c1-2-30-18(26)13-25-16-6-5-15(22)12-17(16)32-21(25)23-20(27)14-7-9-24(10-8-14)33(28,29)19-4-3-11-31-19/h3-6,11-12,14H,2,7-10,13H2,1H3. The van der Waals surface area contributed by atoms with Crippen molar-refractivity contribution in [1.82, 2.24) is 8.87 Å². The third kappa shape index (κ3) is 5.22. The van der Waals surface area contributed by atoms with E-state index in [1.54, 1.807) is 47.2 Å². The van der Waals surface area contributed by atoms with Crippen LogP contribution >= 0.6 is 34.3 Å². The topological polar surface area (TPSA) is 98.0 Å². The lowest BCUT2D eigenvalue weighted by Crippen LogP contribution is -2.40. The van der Waals surface area contributed by atoms with Gasteiger partial charge < -0.3 is 9.30 Å². The first-order valence-corrected chi connectivity index (χ1v) is 13.9. The van der Waals surface area contributed by atoms with E-state index < -0.39 is 16.0 Å². The minimum absolute atomic E-state index is 0.0703. The number of nitrogens with zero attached hydrogens (tertiary/aromatic N) is 3. The second kappa shape index (κ2) is 10.1. The Morgan fingerprint density at radius 1 is 1.24 bits per heavy atom. The van der Waals surface area contributed by atoms with Crippen LogP contribution in [0.2, 0.25) is 5.02 Å². The number of fused-ring (bicyclic) bond motifs is 1. The summed E-state index contributed by atoms with van der Waals surface area (Å²) in [5.41, 5.74) is 0.737. The van der Waals surface area contributed by atoms with E-state index >= 15 is 0 Å². The smallest absolute Gasteiger partial charge is 0.326 e. The van der Waals surface area contributed by atoms with Crippen LogP contribution in [0.3, 0.4) is 0 Å². The lowest BCUT2D eigenvalue weighted by molar-refractivity contribution is -0.143. The summed E-state index contributed by atoms with van der Waals surface area (Å²) in [5.74, 6) is -1.13. The lowest BCUT2D eigenvalue weighted by atomic mass is 9.98. The van der Waals surface area contributed by atoms with Crippen LogP contribution in [0, 0.1) is 5.92 Å². The van der Waals surface area contributed by atoms with Gasteiger partial charge >= 0.3 is 5.97 Å². The summed E-state index contributed by atoms with van der Waals surface area (Å²) in [7, 11) is -3.53. The number of sulfonamides is 1. The SMILES string of the molecule is CCOC(=O)Cn1c(=NC(=O)C2CCN(S(=O)(=O)c3cccs3)CC2)sc2cc(Cl)ccc21. The molecule has 1 fully saturated rings. The van der Waals surface area contributed by atoms with Crippen LogP contribution in [0.4, 0.5) is 0 Å². The third-order valence-corrected chi connectivity index (χ3v) is 9.88. The number of amides is 1. The highest BCUT2D eigenvalue weighted by Gasteiger charge is 2.32. The van der Waals surface area contributed by atoms with Gasteiger partial charge in [0.05, 0.1) is 16.8 Å². The Labute approximate surface area is 204 Å². The maximum Gasteiger partial charge on any atom is 0.326 e. The number of thiophene rings is 1. The van der Waals surface area contributed by atoms with Gasteiger partial charge in [-0.1, -0.05) is 29.0 Å². The number of esters is 1. The monoisotopic (exact) mass is 527 g/mol. The molecular formula is C21H22ClN3O5S3. The van der Waals surface area contributed by atoms with E-state index in [0.717, 1.165) is 10.2 Å². The Morgan fingerprint density at radius 2 is 2.00 bits per heavy atom. The molecule has 0 aliphatic carbocycles. The normalized spacial score (nSPS) is 16.4. The number of aromatic nitrogens is 1. The molecule has 0 saturated carbocycles. The Balaban J connectivity index is 1.56. The highest BCUT2D eigenvalue weighted by atomic mass is 35.5. The Morgan fingerprint density at radius 3 is 2.67 bits per heavy atom. The zero-order valence-electron chi connectivity index (χ0n) is 17.8. The third-order valence-electron chi connectivity index (χ3n) is 5.34. The summed E-state index contributed by atoms with van der Waals surface area (Å²) in [5, 5.41) is 2.27. The number of carbonyl (C=O) groups is 2. The summed E-state index contributed by atoms with van der Waals surface area (Å²) in [6.45, 7) is 2.44. The Hall–Kier alpha value is -2.05. The number of benzene rings is 1. The van der Waals surface area contributed by atoms with E-state index in [2.05, 4.69) is 4.99 Å². The minimum atomic E-state index is -3.53. The van der Waals surface area contributed by atoms with Crippen LogP contribution in [-0.4, -0.2) is 48.9 Å². The average molecular weight is 528 g/mol. The van der Waals surface area contributed by atoms with Crippen LogP contribution in [0.15, 0.2) is 44.9 Å². The van der Waals surface area contributed by atoms with Crippen molar-refractivity contribution in [3.05, 3.63) is 45.5 Å². The molecule has 12 heteroatoms. The van der Waals surface area contributed by atoms with Gasteiger partial charge in [-0.15, -0.1) is 11.3 Å². The van der Waals surface area contributed by atoms with Crippen molar-refractivity contribution in [3.63, 3.8) is 0 Å². The van der Waals surface area contributed by atoms with Crippen molar-refractivity contribution in [2.75, 3.05) is 19.7 Å². The van der Waals surface area contributed by atoms with Gasteiger partial charge in [-0.3, -0.25) is 9.59 Å². The number of ether oxygens (including phenoxy) is 1. The van der Waals surface area contributed by atoms with Gasteiger partial charge in [0.15, 0.2) is 4.80 Å². The van der Waals surface area contributed by atoms with Crippen molar-refractivity contribution >= 4 is 66.4 Å². The first-order valence-electron chi connectivity index (χ1n) is 10.4. The van der Waals surface area contributed by atoms with Gasteiger partial charge in [-0.05, 0) is 49.4 Å². The molecule has 33 heavy (non-hydrogen) atoms. The first-order chi connectivity index (χ1) is 15.8. The molecule has 0 radical (unpaired) electrons.